The van der Waals surface area contributed by atoms with Gasteiger partial charge in [0.05, 0.1) is 22.4 Å². The quantitative estimate of drug-likeness (QED) is 0.895. The fraction of sp³-hybridized carbons (Fsp3) is 0.412. The molecule has 1 fully saturated rings. The molecule has 0 radical (unpaired) electrons. The summed E-state index contributed by atoms with van der Waals surface area (Å²) in [6, 6.07) is 7.30. The molecule has 0 unspecified atom stereocenters. The molecule has 122 valence electrons. The Bertz CT molecular complexity index is 714. The topological polar surface area (TPSA) is 58.4 Å². The van der Waals surface area contributed by atoms with Gasteiger partial charge in [0.25, 0.3) is 0 Å². The Morgan fingerprint density at radius 2 is 2.30 bits per heavy atom. The number of rotatable bonds is 3. The van der Waals surface area contributed by atoms with E-state index in [2.05, 4.69) is 10.5 Å². The number of aryl methyl sites for hydroxylation is 2. The lowest BCUT2D eigenvalue weighted by molar-refractivity contribution is 0.195. The highest BCUT2D eigenvalue weighted by molar-refractivity contribution is 6.33. The highest BCUT2D eigenvalue weighted by Gasteiger charge is 2.33. The Labute approximate surface area is 140 Å². The van der Waals surface area contributed by atoms with Gasteiger partial charge < -0.3 is 14.7 Å². The molecule has 0 saturated carbocycles. The van der Waals surface area contributed by atoms with Gasteiger partial charge in [-0.2, -0.15) is 0 Å². The van der Waals surface area contributed by atoms with Crippen molar-refractivity contribution in [2.45, 2.75) is 39.2 Å². The number of amides is 2. The molecule has 0 spiro atoms. The Kier molecular flexibility index (Phi) is 4.57. The van der Waals surface area contributed by atoms with Crippen LogP contribution in [0.1, 0.15) is 42.8 Å². The van der Waals surface area contributed by atoms with E-state index >= 15 is 0 Å². The Hall–Kier alpha value is -2.01. The number of hydrogen-bond donors (Lipinski definition) is 1. The second-order valence-corrected chi connectivity index (χ2v) is 6.25. The molecule has 6 heteroatoms. The number of benzene rings is 1. The second-order valence-electron chi connectivity index (χ2n) is 5.84. The Morgan fingerprint density at radius 1 is 1.48 bits per heavy atom. The van der Waals surface area contributed by atoms with Crippen molar-refractivity contribution in [3.05, 3.63) is 46.3 Å². The van der Waals surface area contributed by atoms with Crippen molar-refractivity contribution >= 4 is 23.3 Å². The predicted molar refractivity (Wildman–Crippen MR) is 89.8 cm³/mol. The number of carbonyl (C=O) groups is 1. The van der Waals surface area contributed by atoms with Crippen molar-refractivity contribution in [3.8, 4) is 0 Å². The zero-order chi connectivity index (χ0) is 16.4. The van der Waals surface area contributed by atoms with E-state index in [0.29, 0.717) is 17.3 Å². The first-order chi connectivity index (χ1) is 11.1. The fourth-order valence-electron chi connectivity index (χ4n) is 2.87. The third kappa shape index (κ3) is 3.34. The normalized spacial score (nSPS) is 17.5. The van der Waals surface area contributed by atoms with E-state index < -0.39 is 0 Å². The molecule has 5 nitrogen and oxygen atoms in total. The van der Waals surface area contributed by atoms with Crippen LogP contribution in [0.3, 0.4) is 0 Å². The van der Waals surface area contributed by atoms with Gasteiger partial charge >= 0.3 is 6.03 Å². The van der Waals surface area contributed by atoms with Gasteiger partial charge in [-0.1, -0.05) is 29.7 Å². The molecule has 2 aromatic rings. The minimum absolute atomic E-state index is 0.0629. The lowest BCUT2D eigenvalue weighted by Gasteiger charge is -2.23. The van der Waals surface area contributed by atoms with Crippen molar-refractivity contribution in [2.75, 3.05) is 11.9 Å². The minimum Gasteiger partial charge on any atom is -0.359 e. The van der Waals surface area contributed by atoms with Crippen LogP contribution >= 0.6 is 11.6 Å². The largest absolute Gasteiger partial charge is 0.359 e. The highest BCUT2D eigenvalue weighted by Crippen LogP contribution is 2.33. The van der Waals surface area contributed by atoms with Gasteiger partial charge in [-0.3, -0.25) is 0 Å². The molecule has 1 atom stereocenters. The number of nitrogens with zero attached hydrogens (tertiary/aromatic N) is 2. The van der Waals surface area contributed by atoms with Gasteiger partial charge in [0.1, 0.15) is 0 Å². The zero-order valence-electron chi connectivity index (χ0n) is 13.3. The zero-order valence-corrected chi connectivity index (χ0v) is 14.1. The van der Waals surface area contributed by atoms with Crippen molar-refractivity contribution in [2.24, 2.45) is 0 Å². The van der Waals surface area contributed by atoms with Crippen LogP contribution in [0.25, 0.3) is 0 Å². The predicted octanol–water partition coefficient (Wildman–Crippen LogP) is 4.57. The fourth-order valence-corrected chi connectivity index (χ4v) is 3.15. The molecular formula is C17H20ClN3O2. The first-order valence-corrected chi connectivity index (χ1v) is 8.25. The summed E-state index contributed by atoms with van der Waals surface area (Å²) in [4.78, 5) is 14.4. The van der Waals surface area contributed by atoms with Crippen LogP contribution in [0.4, 0.5) is 10.5 Å². The summed E-state index contributed by atoms with van der Waals surface area (Å²) in [5, 5.41) is 7.46. The maximum Gasteiger partial charge on any atom is 0.322 e. The number of urea groups is 1. The maximum atomic E-state index is 12.6. The molecule has 1 N–H and O–H groups in total. The summed E-state index contributed by atoms with van der Waals surface area (Å²) < 4.78 is 5.41. The van der Waals surface area contributed by atoms with Crippen LogP contribution in [0.2, 0.25) is 5.02 Å². The lowest BCUT2D eigenvalue weighted by atomic mass is 10.1. The number of anilines is 1. The molecule has 1 aromatic heterocycles. The van der Waals surface area contributed by atoms with Gasteiger partial charge in [-0.15, -0.1) is 0 Å². The highest BCUT2D eigenvalue weighted by atomic mass is 35.5. The van der Waals surface area contributed by atoms with Crippen LogP contribution in [-0.4, -0.2) is 22.6 Å². The average Bonchev–Trinajstić information content (AvgIpc) is 3.17. The van der Waals surface area contributed by atoms with Crippen LogP contribution in [0, 0.1) is 6.92 Å². The average molecular weight is 334 g/mol. The number of carbonyl (C=O) groups excluding carboxylic acids is 1. The van der Waals surface area contributed by atoms with E-state index in [4.69, 9.17) is 16.1 Å². The molecule has 2 heterocycles. The second kappa shape index (κ2) is 6.62. The molecule has 1 aliphatic rings. The van der Waals surface area contributed by atoms with E-state index in [1.165, 1.54) is 0 Å². The first kappa shape index (κ1) is 15.9. The monoisotopic (exact) mass is 333 g/mol. The molecule has 1 saturated heterocycles. The van der Waals surface area contributed by atoms with E-state index in [9.17, 15) is 4.79 Å². The van der Waals surface area contributed by atoms with Crippen molar-refractivity contribution in [3.63, 3.8) is 0 Å². The first-order valence-electron chi connectivity index (χ1n) is 7.87. The van der Waals surface area contributed by atoms with Gasteiger partial charge in [-0.05, 0) is 43.9 Å². The molecule has 1 aliphatic heterocycles. The van der Waals surface area contributed by atoms with Gasteiger partial charge in [0.15, 0.2) is 5.76 Å². The Morgan fingerprint density at radius 3 is 3.00 bits per heavy atom. The van der Waals surface area contributed by atoms with E-state index in [-0.39, 0.29) is 12.1 Å². The molecule has 23 heavy (non-hydrogen) atoms. The van der Waals surface area contributed by atoms with Crippen LogP contribution < -0.4 is 5.32 Å². The van der Waals surface area contributed by atoms with Crippen molar-refractivity contribution in [1.29, 1.82) is 0 Å². The van der Waals surface area contributed by atoms with Crippen LogP contribution in [0.15, 0.2) is 28.8 Å². The molecule has 1 aromatic carbocycles. The third-order valence-electron chi connectivity index (χ3n) is 4.15. The van der Waals surface area contributed by atoms with Gasteiger partial charge in [-0.25, -0.2) is 4.79 Å². The summed E-state index contributed by atoms with van der Waals surface area (Å²) in [5.74, 6) is 0.754. The number of halogens is 1. The van der Waals surface area contributed by atoms with E-state index in [1.807, 2.05) is 38.1 Å². The summed E-state index contributed by atoms with van der Waals surface area (Å²) in [7, 11) is 0. The molecule has 0 bridgehead atoms. The van der Waals surface area contributed by atoms with E-state index in [0.717, 1.165) is 36.3 Å². The summed E-state index contributed by atoms with van der Waals surface area (Å²) in [6.45, 7) is 4.69. The lowest BCUT2D eigenvalue weighted by Crippen LogP contribution is -2.34. The minimum atomic E-state index is -0.160. The molecule has 0 aliphatic carbocycles. The van der Waals surface area contributed by atoms with Crippen molar-refractivity contribution in [1.82, 2.24) is 10.1 Å². The number of aromatic nitrogens is 1. The summed E-state index contributed by atoms with van der Waals surface area (Å²) in [6.07, 6.45) is 2.65. The Balaban J connectivity index is 1.75. The number of likely N-dealkylation sites (tertiary alicyclic amines) is 1. The SMILES string of the molecule is CCc1cc([C@@H]2CCCN2C(=O)Nc2ccc(C)cc2Cl)on1. The molecular weight excluding hydrogens is 314 g/mol. The maximum absolute atomic E-state index is 12.6. The molecule has 2 amide bonds. The summed E-state index contributed by atoms with van der Waals surface area (Å²) >= 11 is 6.19. The number of nitrogens with one attached hydrogen (secondary N) is 1. The standard InChI is InChI=1S/C17H20ClN3O2/c1-3-12-10-16(23-20-12)15-5-4-8-21(15)17(22)19-14-7-6-11(2)9-13(14)18/h6-7,9-10,15H,3-5,8H2,1-2H3,(H,19,22)/t15-/m0/s1. The van der Waals surface area contributed by atoms with Gasteiger partial charge in [0, 0.05) is 12.6 Å². The van der Waals surface area contributed by atoms with Crippen LogP contribution in [-0.2, 0) is 6.42 Å². The van der Waals surface area contributed by atoms with Gasteiger partial charge in [0.2, 0.25) is 0 Å². The van der Waals surface area contributed by atoms with Crippen LogP contribution in [0.5, 0.6) is 0 Å². The number of hydrogen-bond acceptors (Lipinski definition) is 3. The smallest absolute Gasteiger partial charge is 0.322 e. The van der Waals surface area contributed by atoms with E-state index in [1.54, 1.807) is 4.90 Å². The third-order valence-corrected chi connectivity index (χ3v) is 4.46. The summed E-state index contributed by atoms with van der Waals surface area (Å²) in [5.41, 5.74) is 2.59. The van der Waals surface area contributed by atoms with Crippen molar-refractivity contribution < 1.29 is 9.32 Å². The molecule has 3 rings (SSSR count).